The van der Waals surface area contributed by atoms with Gasteiger partial charge in [0.25, 0.3) is 0 Å². The van der Waals surface area contributed by atoms with Crippen molar-refractivity contribution >= 4 is 21.8 Å². The summed E-state index contributed by atoms with van der Waals surface area (Å²) in [6.07, 6.45) is 0. The topological polar surface area (TPSA) is 133 Å². The number of hydrogen-bond donors (Lipinski definition) is 4. The standard InChI is InChI=1S/C7H14FN3O4S/c8-6(10)3-11-1-2-16(14,15)4-5(9)7(12)13/h5,10-11H,1-4,9H2,(H,12,13). The zero-order valence-corrected chi connectivity index (χ0v) is 9.26. The van der Waals surface area contributed by atoms with Crippen LogP contribution in [0.4, 0.5) is 4.39 Å². The first-order chi connectivity index (χ1) is 7.24. The van der Waals surface area contributed by atoms with Crippen molar-refractivity contribution in [2.24, 2.45) is 5.73 Å². The van der Waals surface area contributed by atoms with E-state index >= 15 is 0 Å². The Kier molecular flexibility index (Phi) is 6.08. The van der Waals surface area contributed by atoms with Crippen LogP contribution in [-0.4, -0.2) is 56.1 Å². The lowest BCUT2D eigenvalue weighted by Gasteiger charge is -2.07. The molecule has 0 radical (unpaired) electrons. The van der Waals surface area contributed by atoms with Gasteiger partial charge in [0.1, 0.15) is 6.04 Å². The first kappa shape index (κ1) is 14.9. The Hall–Kier alpha value is -1.06. The van der Waals surface area contributed by atoms with E-state index in [-0.39, 0.29) is 18.8 Å². The van der Waals surface area contributed by atoms with Crippen molar-refractivity contribution in [2.45, 2.75) is 6.04 Å². The maximum atomic E-state index is 11.9. The molecule has 0 bridgehead atoms. The zero-order chi connectivity index (χ0) is 12.8. The monoisotopic (exact) mass is 255 g/mol. The Morgan fingerprint density at radius 3 is 2.56 bits per heavy atom. The van der Waals surface area contributed by atoms with Crippen molar-refractivity contribution in [3.05, 3.63) is 0 Å². The van der Waals surface area contributed by atoms with E-state index in [0.717, 1.165) is 0 Å². The molecule has 0 saturated heterocycles. The lowest BCUT2D eigenvalue weighted by Crippen LogP contribution is -2.39. The SMILES string of the molecule is N=C(F)CNCCS(=O)(=O)CC(N)C(=O)O. The molecule has 0 aliphatic rings. The summed E-state index contributed by atoms with van der Waals surface area (Å²) >= 11 is 0. The van der Waals surface area contributed by atoms with Gasteiger partial charge in [0, 0.05) is 6.54 Å². The van der Waals surface area contributed by atoms with Crippen molar-refractivity contribution in [3.8, 4) is 0 Å². The summed E-state index contributed by atoms with van der Waals surface area (Å²) in [4.78, 5) is 10.3. The van der Waals surface area contributed by atoms with E-state index < -0.39 is 33.6 Å². The fraction of sp³-hybridized carbons (Fsp3) is 0.714. The van der Waals surface area contributed by atoms with Crippen LogP contribution in [0.5, 0.6) is 0 Å². The van der Waals surface area contributed by atoms with Gasteiger partial charge in [-0.2, -0.15) is 4.39 Å². The minimum atomic E-state index is -3.59. The lowest BCUT2D eigenvalue weighted by molar-refractivity contribution is -0.137. The number of aliphatic carboxylic acids is 1. The molecule has 16 heavy (non-hydrogen) atoms. The predicted octanol–water partition coefficient (Wildman–Crippen LogP) is -1.65. The number of hydrogen-bond acceptors (Lipinski definition) is 6. The van der Waals surface area contributed by atoms with Crippen LogP contribution in [0.15, 0.2) is 0 Å². The van der Waals surface area contributed by atoms with Gasteiger partial charge >= 0.3 is 5.97 Å². The Bertz CT molecular complexity index is 357. The molecular formula is C7H14FN3O4S. The van der Waals surface area contributed by atoms with Crippen LogP contribution in [0.1, 0.15) is 0 Å². The molecule has 0 aromatic carbocycles. The smallest absolute Gasteiger partial charge is 0.321 e. The van der Waals surface area contributed by atoms with E-state index in [1.165, 1.54) is 0 Å². The molecule has 0 aromatic rings. The predicted molar refractivity (Wildman–Crippen MR) is 56.0 cm³/mol. The van der Waals surface area contributed by atoms with Gasteiger partial charge in [-0.3, -0.25) is 10.2 Å². The van der Waals surface area contributed by atoms with E-state index in [1.54, 1.807) is 0 Å². The van der Waals surface area contributed by atoms with Gasteiger partial charge in [-0.25, -0.2) is 8.42 Å². The third-order valence-electron chi connectivity index (χ3n) is 1.62. The molecule has 0 aliphatic heterocycles. The van der Waals surface area contributed by atoms with Crippen LogP contribution in [0.25, 0.3) is 0 Å². The molecule has 0 saturated carbocycles. The second kappa shape index (κ2) is 6.51. The van der Waals surface area contributed by atoms with Gasteiger partial charge in [-0.05, 0) is 0 Å². The summed E-state index contributed by atoms with van der Waals surface area (Å²) in [6, 6.07) is -1.45. The quantitative estimate of drug-likeness (QED) is 0.303. The Morgan fingerprint density at radius 2 is 2.12 bits per heavy atom. The Balaban J connectivity index is 3.97. The van der Waals surface area contributed by atoms with Crippen LogP contribution in [0, 0.1) is 5.41 Å². The molecule has 1 atom stereocenters. The van der Waals surface area contributed by atoms with E-state index in [1.807, 2.05) is 0 Å². The highest BCUT2D eigenvalue weighted by atomic mass is 32.2. The van der Waals surface area contributed by atoms with Crippen LogP contribution in [0.2, 0.25) is 0 Å². The molecule has 9 heteroatoms. The average molecular weight is 255 g/mol. The molecule has 0 spiro atoms. The molecule has 0 fully saturated rings. The number of nitrogens with one attached hydrogen (secondary N) is 2. The highest BCUT2D eigenvalue weighted by Gasteiger charge is 2.20. The molecule has 0 aromatic heterocycles. The number of carboxylic acid groups (broad SMARTS) is 1. The molecule has 94 valence electrons. The van der Waals surface area contributed by atoms with E-state index in [2.05, 4.69) is 5.32 Å². The number of sulfone groups is 1. The first-order valence-corrected chi connectivity index (χ1v) is 6.19. The van der Waals surface area contributed by atoms with E-state index in [4.69, 9.17) is 16.2 Å². The molecule has 0 aliphatic carbocycles. The number of nitrogens with two attached hydrogens (primary N) is 1. The van der Waals surface area contributed by atoms with Crippen molar-refractivity contribution < 1.29 is 22.7 Å². The van der Waals surface area contributed by atoms with Crippen molar-refractivity contribution in [1.82, 2.24) is 5.32 Å². The minimum Gasteiger partial charge on any atom is -0.480 e. The Labute approximate surface area is 92.3 Å². The molecule has 0 heterocycles. The van der Waals surface area contributed by atoms with Crippen LogP contribution in [0.3, 0.4) is 0 Å². The molecule has 0 rings (SSSR count). The molecule has 0 amide bonds. The van der Waals surface area contributed by atoms with Gasteiger partial charge < -0.3 is 16.2 Å². The third kappa shape index (κ3) is 7.26. The normalized spacial score (nSPS) is 13.4. The van der Waals surface area contributed by atoms with Gasteiger partial charge in [0.05, 0.1) is 18.1 Å². The fourth-order valence-corrected chi connectivity index (χ4v) is 2.17. The number of carboxylic acids is 1. The van der Waals surface area contributed by atoms with E-state index in [0.29, 0.717) is 0 Å². The highest BCUT2D eigenvalue weighted by Crippen LogP contribution is 1.93. The summed E-state index contributed by atoms with van der Waals surface area (Å²) in [7, 11) is -3.59. The van der Waals surface area contributed by atoms with Crippen LogP contribution in [-0.2, 0) is 14.6 Å². The van der Waals surface area contributed by atoms with Gasteiger partial charge in [0.2, 0.25) is 0 Å². The molecule has 1 unspecified atom stereocenters. The second-order valence-electron chi connectivity index (χ2n) is 3.14. The maximum absolute atomic E-state index is 11.9. The number of halogens is 1. The van der Waals surface area contributed by atoms with Gasteiger partial charge in [0.15, 0.2) is 15.8 Å². The van der Waals surface area contributed by atoms with Crippen molar-refractivity contribution in [2.75, 3.05) is 24.6 Å². The largest absolute Gasteiger partial charge is 0.480 e. The second-order valence-corrected chi connectivity index (χ2v) is 5.37. The number of rotatable bonds is 8. The first-order valence-electron chi connectivity index (χ1n) is 4.37. The van der Waals surface area contributed by atoms with Crippen molar-refractivity contribution in [1.29, 1.82) is 5.41 Å². The van der Waals surface area contributed by atoms with Crippen LogP contribution >= 0.6 is 0 Å². The maximum Gasteiger partial charge on any atom is 0.321 e. The summed E-state index contributed by atoms with van der Waals surface area (Å²) in [5.41, 5.74) is 5.06. The summed E-state index contributed by atoms with van der Waals surface area (Å²) in [5.74, 6) is -3.49. The summed E-state index contributed by atoms with van der Waals surface area (Å²) in [6.45, 7) is -0.401. The number of carbonyl (C=O) groups is 1. The minimum absolute atomic E-state index is 0.0546. The van der Waals surface area contributed by atoms with E-state index in [9.17, 15) is 17.6 Å². The van der Waals surface area contributed by atoms with Gasteiger partial charge in [-0.15, -0.1) is 0 Å². The summed E-state index contributed by atoms with van der Waals surface area (Å²) < 4.78 is 34.4. The van der Waals surface area contributed by atoms with Crippen molar-refractivity contribution in [3.63, 3.8) is 0 Å². The third-order valence-corrected chi connectivity index (χ3v) is 3.31. The molecule has 5 N–H and O–H groups in total. The molecular weight excluding hydrogens is 241 g/mol. The fourth-order valence-electron chi connectivity index (χ4n) is 0.854. The van der Waals surface area contributed by atoms with Gasteiger partial charge in [-0.1, -0.05) is 0 Å². The highest BCUT2D eigenvalue weighted by molar-refractivity contribution is 7.91. The lowest BCUT2D eigenvalue weighted by atomic mass is 10.4. The zero-order valence-electron chi connectivity index (χ0n) is 8.44. The summed E-state index contributed by atoms with van der Waals surface area (Å²) in [5, 5.41) is 17.2. The average Bonchev–Trinajstić information content (AvgIpc) is 2.11. The van der Waals surface area contributed by atoms with Crippen LogP contribution < -0.4 is 11.1 Å². The Morgan fingerprint density at radius 1 is 1.56 bits per heavy atom. The molecule has 7 nitrogen and oxygen atoms in total.